The number of allylic oxidation sites excluding steroid dienone is 2. The number of fused-ring (bicyclic) bond motifs is 2. The summed E-state index contributed by atoms with van der Waals surface area (Å²) in [5.74, 6) is 0.133. The molecule has 0 spiro atoms. The molecule has 1 aromatic rings. The van der Waals surface area contributed by atoms with Crippen molar-refractivity contribution in [2.45, 2.75) is 19.4 Å². The Morgan fingerprint density at radius 3 is 2.79 bits per heavy atom. The zero-order valence-electron chi connectivity index (χ0n) is 14.1. The molecule has 5 atom stereocenters. The van der Waals surface area contributed by atoms with E-state index in [1.807, 2.05) is 0 Å². The lowest BCUT2D eigenvalue weighted by Crippen LogP contribution is -2.21. The molecular formula is C20H21FO3. The van der Waals surface area contributed by atoms with Gasteiger partial charge in [-0.15, -0.1) is 0 Å². The Hall–Kier alpha value is -1.94. The van der Waals surface area contributed by atoms with Gasteiger partial charge in [-0.05, 0) is 41.2 Å². The summed E-state index contributed by atoms with van der Waals surface area (Å²) >= 11 is 0. The van der Waals surface area contributed by atoms with Gasteiger partial charge in [0.15, 0.2) is 0 Å². The van der Waals surface area contributed by atoms with Gasteiger partial charge >= 0.3 is 5.97 Å². The van der Waals surface area contributed by atoms with E-state index in [4.69, 9.17) is 9.47 Å². The first-order chi connectivity index (χ1) is 11.5. The Labute approximate surface area is 141 Å². The number of benzene rings is 1. The Balaban J connectivity index is 1.83. The van der Waals surface area contributed by atoms with E-state index in [1.54, 1.807) is 19.2 Å². The van der Waals surface area contributed by atoms with Crippen molar-refractivity contribution in [3.05, 3.63) is 53.4 Å². The molecule has 0 bridgehead atoms. The molecule has 3 aliphatic carbocycles. The van der Waals surface area contributed by atoms with Crippen molar-refractivity contribution in [3.63, 3.8) is 0 Å². The number of hydrogen-bond donors (Lipinski definition) is 0. The highest BCUT2D eigenvalue weighted by molar-refractivity contribution is 5.89. The summed E-state index contributed by atoms with van der Waals surface area (Å²) in [6, 6.07) is 4.81. The summed E-state index contributed by atoms with van der Waals surface area (Å²) in [4.78, 5) is 12.5. The minimum absolute atomic E-state index is 0.0682. The molecule has 0 amide bonds. The number of hydrogen-bond acceptors (Lipinski definition) is 3. The zero-order valence-corrected chi connectivity index (χ0v) is 14.1. The molecule has 4 rings (SSSR count). The van der Waals surface area contributed by atoms with Crippen LogP contribution in [0.4, 0.5) is 4.39 Å². The van der Waals surface area contributed by atoms with Crippen LogP contribution in [0.5, 0.6) is 0 Å². The predicted octanol–water partition coefficient (Wildman–Crippen LogP) is 3.91. The third-order valence-electron chi connectivity index (χ3n) is 5.99. The number of halogens is 1. The van der Waals surface area contributed by atoms with Crippen LogP contribution in [0.3, 0.4) is 0 Å². The second-order valence-electron chi connectivity index (χ2n) is 7.00. The van der Waals surface area contributed by atoms with Crippen LogP contribution in [-0.4, -0.2) is 20.2 Å². The van der Waals surface area contributed by atoms with E-state index in [2.05, 4.69) is 25.2 Å². The van der Waals surface area contributed by atoms with Gasteiger partial charge in [0.1, 0.15) is 5.82 Å². The molecule has 3 nitrogen and oxygen atoms in total. The molecule has 0 radical (unpaired) electrons. The molecule has 1 saturated carbocycles. The average molecular weight is 328 g/mol. The fourth-order valence-corrected chi connectivity index (χ4v) is 4.75. The lowest BCUT2D eigenvalue weighted by atomic mass is 9.90. The van der Waals surface area contributed by atoms with Gasteiger partial charge in [0, 0.05) is 18.9 Å². The van der Waals surface area contributed by atoms with Crippen molar-refractivity contribution in [2.24, 2.45) is 23.2 Å². The summed E-state index contributed by atoms with van der Waals surface area (Å²) in [6.07, 6.45) is 7.05. The van der Waals surface area contributed by atoms with E-state index in [0.29, 0.717) is 0 Å². The summed E-state index contributed by atoms with van der Waals surface area (Å²) in [5, 5.41) is 0. The third kappa shape index (κ3) is 1.89. The first-order valence-electron chi connectivity index (χ1n) is 8.35. The Morgan fingerprint density at radius 1 is 1.38 bits per heavy atom. The summed E-state index contributed by atoms with van der Waals surface area (Å²) < 4.78 is 24.4. The standard InChI is InChI=1S/C20H21FO3/c1-11-15(13-8-7-12(21)9-14(13)18(11)23-2)10-20(19(22)24-3)16-5-4-6-17(16)20/h4-5,7-11,16-18H,6H2,1-3H3/t11-,16+,17-,18+,20-/m1/s1. The number of rotatable bonds is 3. The van der Waals surface area contributed by atoms with Crippen LogP contribution in [0.25, 0.3) is 5.57 Å². The number of methoxy groups -OCH3 is 2. The van der Waals surface area contributed by atoms with E-state index in [-0.39, 0.29) is 35.6 Å². The summed E-state index contributed by atoms with van der Waals surface area (Å²) in [6.45, 7) is 2.07. The molecule has 0 unspecified atom stereocenters. The fourth-order valence-electron chi connectivity index (χ4n) is 4.75. The third-order valence-corrected chi connectivity index (χ3v) is 5.99. The number of carbonyl (C=O) groups is 1. The van der Waals surface area contributed by atoms with Gasteiger partial charge in [-0.25, -0.2) is 4.39 Å². The first kappa shape index (κ1) is 15.6. The van der Waals surface area contributed by atoms with Crippen LogP contribution in [0.15, 0.2) is 36.4 Å². The molecule has 0 heterocycles. The van der Waals surface area contributed by atoms with Crippen molar-refractivity contribution in [3.8, 4) is 0 Å². The summed E-state index contributed by atoms with van der Waals surface area (Å²) in [7, 11) is 3.09. The molecule has 0 aromatic heterocycles. The van der Waals surface area contributed by atoms with Crippen LogP contribution in [0, 0.1) is 29.0 Å². The smallest absolute Gasteiger partial charge is 0.316 e. The lowest BCUT2D eigenvalue weighted by molar-refractivity contribution is -0.146. The summed E-state index contributed by atoms with van der Waals surface area (Å²) in [5.41, 5.74) is 2.33. The predicted molar refractivity (Wildman–Crippen MR) is 88.5 cm³/mol. The number of esters is 1. The minimum Gasteiger partial charge on any atom is -0.468 e. The normalized spacial score (nSPS) is 37.4. The second-order valence-corrected chi connectivity index (χ2v) is 7.00. The van der Waals surface area contributed by atoms with Crippen molar-refractivity contribution < 1.29 is 18.7 Å². The maximum atomic E-state index is 13.7. The van der Waals surface area contributed by atoms with Gasteiger partial charge in [0.25, 0.3) is 0 Å². The Kier molecular flexibility index (Phi) is 3.43. The maximum absolute atomic E-state index is 13.7. The molecule has 0 N–H and O–H groups in total. The molecule has 1 fully saturated rings. The average Bonchev–Trinajstić information content (AvgIpc) is 2.89. The highest BCUT2D eigenvalue weighted by Gasteiger charge is 2.69. The molecule has 24 heavy (non-hydrogen) atoms. The highest BCUT2D eigenvalue weighted by atomic mass is 19.1. The van der Waals surface area contributed by atoms with Gasteiger partial charge in [-0.3, -0.25) is 4.79 Å². The van der Waals surface area contributed by atoms with E-state index in [9.17, 15) is 9.18 Å². The quantitative estimate of drug-likeness (QED) is 0.623. The Morgan fingerprint density at radius 2 is 2.17 bits per heavy atom. The van der Waals surface area contributed by atoms with E-state index in [0.717, 1.165) is 23.1 Å². The van der Waals surface area contributed by atoms with Gasteiger partial charge in [-0.1, -0.05) is 31.2 Å². The van der Waals surface area contributed by atoms with Crippen LogP contribution >= 0.6 is 0 Å². The number of carbonyl (C=O) groups excluding carboxylic acids is 1. The van der Waals surface area contributed by atoms with Crippen LogP contribution in [-0.2, 0) is 14.3 Å². The fraction of sp³-hybridized carbons (Fsp3) is 0.450. The van der Waals surface area contributed by atoms with Crippen molar-refractivity contribution in [1.29, 1.82) is 0 Å². The molecule has 126 valence electrons. The van der Waals surface area contributed by atoms with Gasteiger partial charge in [-0.2, -0.15) is 0 Å². The maximum Gasteiger partial charge on any atom is 0.316 e. The zero-order chi connectivity index (χ0) is 17.1. The SMILES string of the molecule is COC(=O)[C@@]1(C=C2c3ccc(F)cc3[C@@H](OC)[C@@H]2C)[C@@H]2CC=C[C@@H]21. The molecular weight excluding hydrogens is 307 g/mol. The largest absolute Gasteiger partial charge is 0.468 e. The van der Waals surface area contributed by atoms with Crippen molar-refractivity contribution >= 4 is 11.5 Å². The molecule has 0 aliphatic heterocycles. The van der Waals surface area contributed by atoms with Crippen molar-refractivity contribution in [1.82, 2.24) is 0 Å². The molecule has 1 aromatic carbocycles. The molecule has 0 saturated heterocycles. The number of ether oxygens (including phenoxy) is 2. The second kappa shape index (κ2) is 5.28. The van der Waals surface area contributed by atoms with E-state index < -0.39 is 5.41 Å². The topological polar surface area (TPSA) is 35.5 Å². The monoisotopic (exact) mass is 328 g/mol. The minimum atomic E-state index is -0.568. The first-order valence-corrected chi connectivity index (χ1v) is 8.35. The van der Waals surface area contributed by atoms with Crippen molar-refractivity contribution in [2.75, 3.05) is 14.2 Å². The van der Waals surface area contributed by atoms with Gasteiger partial charge in [0.2, 0.25) is 0 Å². The molecule has 4 heteroatoms. The highest BCUT2D eigenvalue weighted by Crippen LogP contribution is 2.67. The molecule has 3 aliphatic rings. The van der Waals surface area contributed by atoms with E-state index >= 15 is 0 Å². The van der Waals surface area contributed by atoms with Crippen LogP contribution < -0.4 is 0 Å². The Bertz CT molecular complexity index is 766. The van der Waals surface area contributed by atoms with Gasteiger partial charge < -0.3 is 9.47 Å². The van der Waals surface area contributed by atoms with Crippen LogP contribution in [0.1, 0.15) is 30.6 Å². The van der Waals surface area contributed by atoms with Crippen LogP contribution in [0.2, 0.25) is 0 Å². The lowest BCUT2D eigenvalue weighted by Gasteiger charge is -2.18. The van der Waals surface area contributed by atoms with Gasteiger partial charge in [0.05, 0.1) is 18.6 Å². The van der Waals surface area contributed by atoms with E-state index in [1.165, 1.54) is 13.2 Å².